The molecule has 0 aromatic heterocycles. The number of carbonyl (C=O) groups excluding carboxylic acids is 4. The number of nitrogens with one attached hydrogen (secondary N) is 2. The van der Waals surface area contributed by atoms with Crippen molar-refractivity contribution in [1.29, 1.82) is 0 Å². The van der Waals surface area contributed by atoms with Crippen molar-refractivity contribution in [2.75, 3.05) is 48.5 Å². The second-order valence-corrected chi connectivity index (χ2v) is 16.1. The molecule has 0 saturated carbocycles. The number of aliphatic hydroxyl groups is 1. The van der Waals surface area contributed by atoms with Crippen molar-refractivity contribution in [3.8, 4) is 0 Å². The zero-order valence-corrected chi connectivity index (χ0v) is 34.8. The van der Waals surface area contributed by atoms with Crippen molar-refractivity contribution in [1.82, 2.24) is 25.3 Å². The molecule has 302 valence electrons. The van der Waals surface area contributed by atoms with E-state index in [1.54, 1.807) is 40.0 Å². The summed E-state index contributed by atoms with van der Waals surface area (Å²) in [6, 6.07) is 7.30. The molecule has 1 fully saturated rings. The Balaban J connectivity index is 2.19. The molecule has 1 saturated heterocycles. The van der Waals surface area contributed by atoms with Gasteiger partial charge >= 0.3 is 0 Å². The third-order valence-corrected chi connectivity index (χ3v) is 11.2. The average Bonchev–Trinajstić information content (AvgIpc) is 3.60. The number of carbonyl (C=O) groups is 4. The molecule has 53 heavy (non-hydrogen) atoms. The normalized spacial score (nSPS) is 19.9. The Morgan fingerprint density at radius 1 is 0.906 bits per heavy atom. The SMILES string of the molecule is CCC(C)C(CN(C)C(=O)[C@@H](NC(=O)C(C(C)C)N(C)C)C(C)C)C(CC(=O)N1CCCC1C(OC)C(C)C(=O)NC(C)C(O)c1ccccc1)OC. The van der Waals surface area contributed by atoms with Gasteiger partial charge in [0.05, 0.1) is 48.8 Å². The Hall–Kier alpha value is -3.06. The molecule has 2 rings (SSSR count). The Kier molecular flexibility index (Phi) is 18.9. The first kappa shape index (κ1) is 46.1. The predicted octanol–water partition coefficient (Wildman–Crippen LogP) is 4.12. The summed E-state index contributed by atoms with van der Waals surface area (Å²) in [5.41, 5.74) is 0.717. The summed E-state index contributed by atoms with van der Waals surface area (Å²) >= 11 is 0. The number of hydrogen-bond acceptors (Lipinski definition) is 8. The molecule has 12 heteroatoms. The van der Waals surface area contributed by atoms with E-state index in [0.717, 1.165) is 12.8 Å². The quantitative estimate of drug-likeness (QED) is 0.171. The molecule has 1 aliphatic heterocycles. The van der Waals surface area contributed by atoms with Crippen LogP contribution in [-0.4, -0.2) is 128 Å². The summed E-state index contributed by atoms with van der Waals surface area (Å²) in [6.07, 6.45) is 0.529. The van der Waals surface area contributed by atoms with E-state index in [9.17, 15) is 24.3 Å². The minimum absolute atomic E-state index is 0.0674. The van der Waals surface area contributed by atoms with Crippen molar-refractivity contribution in [2.24, 2.45) is 29.6 Å². The van der Waals surface area contributed by atoms with E-state index in [0.29, 0.717) is 25.1 Å². The van der Waals surface area contributed by atoms with Crippen LogP contribution in [0, 0.1) is 29.6 Å². The molecule has 0 aliphatic carbocycles. The average molecular weight is 746 g/mol. The van der Waals surface area contributed by atoms with E-state index >= 15 is 0 Å². The number of methoxy groups -OCH3 is 2. The first-order valence-electron chi connectivity index (χ1n) is 19.5. The lowest BCUT2D eigenvalue weighted by atomic mass is 9.84. The number of hydrogen-bond donors (Lipinski definition) is 3. The smallest absolute Gasteiger partial charge is 0.245 e. The fourth-order valence-corrected chi connectivity index (χ4v) is 7.86. The van der Waals surface area contributed by atoms with Crippen LogP contribution in [0.25, 0.3) is 0 Å². The number of nitrogens with zero attached hydrogens (tertiary/aromatic N) is 3. The Bertz CT molecular complexity index is 1290. The van der Waals surface area contributed by atoms with Gasteiger partial charge in [0.15, 0.2) is 0 Å². The highest BCUT2D eigenvalue weighted by atomic mass is 16.5. The lowest BCUT2D eigenvalue weighted by Crippen LogP contribution is -2.56. The second-order valence-electron chi connectivity index (χ2n) is 16.1. The van der Waals surface area contributed by atoms with Gasteiger partial charge in [-0.1, -0.05) is 85.2 Å². The number of benzene rings is 1. The van der Waals surface area contributed by atoms with Crippen molar-refractivity contribution in [3.05, 3.63) is 35.9 Å². The van der Waals surface area contributed by atoms with E-state index in [1.807, 2.05) is 81.9 Å². The van der Waals surface area contributed by atoms with Crippen LogP contribution >= 0.6 is 0 Å². The monoisotopic (exact) mass is 746 g/mol. The molecule has 1 aromatic rings. The summed E-state index contributed by atoms with van der Waals surface area (Å²) in [7, 11) is 8.66. The molecule has 1 aliphatic rings. The minimum Gasteiger partial charge on any atom is -0.386 e. The minimum atomic E-state index is -0.869. The highest BCUT2D eigenvalue weighted by Crippen LogP contribution is 2.30. The number of likely N-dealkylation sites (N-methyl/N-ethyl adjacent to an activating group) is 2. The van der Waals surface area contributed by atoms with Gasteiger partial charge in [-0.2, -0.15) is 0 Å². The van der Waals surface area contributed by atoms with Gasteiger partial charge in [0.25, 0.3) is 0 Å². The zero-order chi connectivity index (χ0) is 40.2. The topological polar surface area (TPSA) is 141 Å². The molecular formula is C41H71N5O7. The van der Waals surface area contributed by atoms with Gasteiger partial charge in [0.2, 0.25) is 23.6 Å². The number of likely N-dealkylation sites (tertiary alicyclic amines) is 1. The van der Waals surface area contributed by atoms with Crippen molar-refractivity contribution in [2.45, 2.75) is 124 Å². The maximum Gasteiger partial charge on any atom is 0.245 e. The van der Waals surface area contributed by atoms with Crippen LogP contribution in [0.15, 0.2) is 30.3 Å². The first-order valence-corrected chi connectivity index (χ1v) is 19.5. The van der Waals surface area contributed by atoms with Gasteiger partial charge in [-0.3, -0.25) is 24.1 Å². The van der Waals surface area contributed by atoms with Gasteiger partial charge in [-0.05, 0) is 57.2 Å². The lowest BCUT2D eigenvalue weighted by molar-refractivity contribution is -0.144. The number of rotatable bonds is 21. The predicted molar refractivity (Wildman–Crippen MR) is 209 cm³/mol. The van der Waals surface area contributed by atoms with E-state index in [1.165, 1.54) is 0 Å². The van der Waals surface area contributed by atoms with Crippen LogP contribution in [0.5, 0.6) is 0 Å². The Morgan fingerprint density at radius 3 is 2.04 bits per heavy atom. The van der Waals surface area contributed by atoms with E-state index in [-0.39, 0.29) is 65.8 Å². The zero-order valence-electron chi connectivity index (χ0n) is 34.8. The van der Waals surface area contributed by atoms with Crippen LogP contribution in [0.1, 0.15) is 92.7 Å². The molecule has 10 atom stereocenters. The van der Waals surface area contributed by atoms with Gasteiger partial charge in [-0.15, -0.1) is 0 Å². The molecule has 1 heterocycles. The maximum atomic E-state index is 14.1. The highest BCUT2D eigenvalue weighted by Gasteiger charge is 2.42. The molecule has 1 aromatic carbocycles. The van der Waals surface area contributed by atoms with Crippen LogP contribution in [0.2, 0.25) is 0 Å². The van der Waals surface area contributed by atoms with Crippen molar-refractivity contribution >= 4 is 23.6 Å². The summed E-state index contributed by atoms with van der Waals surface area (Å²) < 4.78 is 12.0. The van der Waals surface area contributed by atoms with Crippen LogP contribution in [0.3, 0.4) is 0 Å². The number of aliphatic hydroxyl groups excluding tert-OH is 1. The molecule has 0 radical (unpaired) electrons. The van der Waals surface area contributed by atoms with Crippen molar-refractivity contribution < 1.29 is 33.8 Å². The van der Waals surface area contributed by atoms with Crippen molar-refractivity contribution in [3.63, 3.8) is 0 Å². The highest BCUT2D eigenvalue weighted by molar-refractivity contribution is 5.90. The molecule has 9 unspecified atom stereocenters. The Morgan fingerprint density at radius 2 is 1.53 bits per heavy atom. The summed E-state index contributed by atoms with van der Waals surface area (Å²) in [4.78, 5) is 60.2. The van der Waals surface area contributed by atoms with Crippen LogP contribution in [-0.2, 0) is 28.7 Å². The summed E-state index contributed by atoms with van der Waals surface area (Å²) in [5.74, 6) is -1.36. The second kappa shape index (κ2) is 21.7. The van der Waals surface area contributed by atoms with Gasteiger partial charge in [0.1, 0.15) is 6.04 Å². The van der Waals surface area contributed by atoms with Gasteiger partial charge in [0, 0.05) is 40.3 Å². The molecule has 0 bridgehead atoms. The summed E-state index contributed by atoms with van der Waals surface area (Å²) in [6.45, 7) is 16.5. The third kappa shape index (κ3) is 12.5. The van der Waals surface area contributed by atoms with Crippen LogP contribution < -0.4 is 10.6 Å². The van der Waals surface area contributed by atoms with Gasteiger partial charge < -0.3 is 35.0 Å². The Labute approximate surface area is 319 Å². The molecule has 3 N–H and O–H groups in total. The van der Waals surface area contributed by atoms with Gasteiger partial charge in [-0.25, -0.2) is 0 Å². The van der Waals surface area contributed by atoms with Crippen LogP contribution in [0.4, 0.5) is 0 Å². The van der Waals surface area contributed by atoms with E-state index in [2.05, 4.69) is 24.5 Å². The fourth-order valence-electron chi connectivity index (χ4n) is 7.86. The molecule has 12 nitrogen and oxygen atoms in total. The number of ether oxygens (including phenoxy) is 2. The first-order chi connectivity index (χ1) is 24.9. The van der Waals surface area contributed by atoms with E-state index in [4.69, 9.17) is 9.47 Å². The lowest BCUT2D eigenvalue weighted by Gasteiger charge is -2.38. The molecule has 0 spiro atoms. The maximum absolute atomic E-state index is 14.1. The largest absolute Gasteiger partial charge is 0.386 e. The molecule has 4 amide bonds. The summed E-state index contributed by atoms with van der Waals surface area (Å²) in [5, 5.41) is 16.8. The standard InChI is InChI=1S/C41H71N5O7/c1-14-27(6)31(24-45(11)41(51)35(25(2)3)43-40(50)36(26(4)5)44(9)10)33(52-12)23-34(47)46-22-18-21-32(46)38(53-13)28(7)39(49)42-29(8)37(48)30-19-16-15-17-20-30/h15-17,19-20,25-29,31-33,35-38,48H,14,18,21-24H2,1-13H3,(H,42,49)(H,43,50)/t27?,28?,29?,31?,32?,33?,35-,36?,37?,38?/m0/s1. The molecular weight excluding hydrogens is 674 g/mol. The number of amides is 4. The third-order valence-electron chi connectivity index (χ3n) is 11.2. The van der Waals surface area contributed by atoms with E-state index < -0.39 is 36.3 Å². The fraction of sp³-hybridized carbons (Fsp3) is 0.756.